The summed E-state index contributed by atoms with van der Waals surface area (Å²) in [6.07, 6.45) is 10.5. The summed E-state index contributed by atoms with van der Waals surface area (Å²) in [5.41, 5.74) is 4.51. The largest absolute Gasteiger partial charge is 0.377 e. The van der Waals surface area contributed by atoms with Crippen molar-refractivity contribution in [3.8, 4) is 0 Å². The van der Waals surface area contributed by atoms with Crippen molar-refractivity contribution in [2.45, 2.75) is 18.4 Å². The van der Waals surface area contributed by atoms with Crippen LogP contribution in [0.4, 0.5) is 0 Å². The van der Waals surface area contributed by atoms with Gasteiger partial charge < -0.3 is 5.11 Å². The zero-order chi connectivity index (χ0) is 15.0. The third-order valence-electron chi connectivity index (χ3n) is 4.59. The summed E-state index contributed by atoms with van der Waals surface area (Å²) in [4.78, 5) is 0. The minimum atomic E-state index is -1.08. The van der Waals surface area contributed by atoms with E-state index in [1.807, 2.05) is 48.5 Å². The lowest BCUT2D eigenvalue weighted by Crippen LogP contribution is -2.25. The van der Waals surface area contributed by atoms with Crippen molar-refractivity contribution in [1.82, 2.24) is 0 Å². The van der Waals surface area contributed by atoms with E-state index < -0.39 is 5.60 Å². The molecule has 0 heterocycles. The van der Waals surface area contributed by atoms with Crippen LogP contribution in [0.5, 0.6) is 0 Å². The molecule has 0 radical (unpaired) electrons. The number of rotatable bonds is 1. The van der Waals surface area contributed by atoms with Crippen LogP contribution in [-0.4, -0.2) is 5.11 Å². The van der Waals surface area contributed by atoms with Crippen molar-refractivity contribution in [2.75, 3.05) is 0 Å². The fourth-order valence-corrected chi connectivity index (χ4v) is 3.45. The molecule has 0 saturated heterocycles. The molecule has 0 saturated carbocycles. The van der Waals surface area contributed by atoms with Crippen molar-refractivity contribution in [3.63, 3.8) is 0 Å². The summed E-state index contributed by atoms with van der Waals surface area (Å²) < 4.78 is 0. The van der Waals surface area contributed by atoms with Crippen LogP contribution in [0, 0.1) is 0 Å². The monoisotopic (exact) mass is 286 g/mol. The fourth-order valence-electron chi connectivity index (χ4n) is 3.45. The molecule has 1 heteroatoms. The second-order valence-electron chi connectivity index (χ2n) is 5.89. The molecular weight excluding hydrogens is 268 g/mol. The average molecular weight is 286 g/mol. The van der Waals surface area contributed by atoms with Gasteiger partial charge in [-0.2, -0.15) is 0 Å². The first kappa shape index (κ1) is 13.3. The molecule has 0 fully saturated rings. The normalized spacial score (nSPS) is 23.0. The quantitative estimate of drug-likeness (QED) is 0.812. The van der Waals surface area contributed by atoms with Crippen molar-refractivity contribution in [1.29, 1.82) is 0 Å². The van der Waals surface area contributed by atoms with Gasteiger partial charge >= 0.3 is 0 Å². The number of hydrogen-bond acceptors (Lipinski definition) is 1. The van der Waals surface area contributed by atoms with Crippen LogP contribution in [-0.2, 0) is 5.60 Å². The van der Waals surface area contributed by atoms with Crippen LogP contribution in [0.3, 0.4) is 0 Å². The SMILES string of the molecule is OC1(c2ccccc2)C=CC2=C(CCC=C2)c2ccccc21. The van der Waals surface area contributed by atoms with Gasteiger partial charge in [0.15, 0.2) is 0 Å². The van der Waals surface area contributed by atoms with E-state index >= 15 is 0 Å². The van der Waals surface area contributed by atoms with Gasteiger partial charge in [0, 0.05) is 0 Å². The molecule has 0 amide bonds. The Kier molecular flexibility index (Phi) is 3.09. The lowest BCUT2D eigenvalue weighted by Gasteiger charge is -2.28. The van der Waals surface area contributed by atoms with Crippen molar-refractivity contribution in [2.24, 2.45) is 0 Å². The second-order valence-corrected chi connectivity index (χ2v) is 5.89. The predicted molar refractivity (Wildman–Crippen MR) is 90.3 cm³/mol. The molecule has 1 N–H and O–H groups in total. The molecule has 2 aromatic carbocycles. The molecule has 0 aliphatic heterocycles. The molecule has 22 heavy (non-hydrogen) atoms. The average Bonchev–Trinajstić information content (AvgIpc) is 2.73. The topological polar surface area (TPSA) is 20.2 Å². The Morgan fingerprint density at radius 3 is 2.50 bits per heavy atom. The van der Waals surface area contributed by atoms with E-state index in [-0.39, 0.29) is 0 Å². The minimum absolute atomic E-state index is 0.905. The zero-order valence-electron chi connectivity index (χ0n) is 12.4. The Morgan fingerprint density at radius 2 is 1.64 bits per heavy atom. The van der Waals surface area contributed by atoms with Crippen LogP contribution >= 0.6 is 0 Å². The highest BCUT2D eigenvalue weighted by Gasteiger charge is 2.33. The summed E-state index contributed by atoms with van der Waals surface area (Å²) in [6.45, 7) is 0. The molecule has 2 aliphatic carbocycles. The molecule has 0 aromatic heterocycles. The summed E-state index contributed by atoms with van der Waals surface area (Å²) in [6, 6.07) is 18.1. The number of benzene rings is 2. The number of aliphatic hydroxyl groups is 1. The van der Waals surface area contributed by atoms with Crippen molar-refractivity contribution in [3.05, 3.63) is 101 Å². The Labute approximate surface area is 130 Å². The van der Waals surface area contributed by atoms with Crippen LogP contribution in [0.15, 0.2) is 84.5 Å². The first-order valence-corrected chi connectivity index (χ1v) is 7.76. The number of hydrogen-bond donors (Lipinski definition) is 1. The molecule has 1 nitrogen and oxygen atoms in total. The van der Waals surface area contributed by atoms with Gasteiger partial charge in [-0.15, -0.1) is 0 Å². The zero-order valence-corrected chi connectivity index (χ0v) is 12.4. The van der Waals surface area contributed by atoms with Gasteiger partial charge in [0.2, 0.25) is 0 Å². The molecule has 2 aliphatic rings. The standard InChI is InChI=1S/C21H18O/c22-21(17-9-2-1-3-10-17)15-14-16-8-4-5-11-18(16)19-12-6-7-13-20(19)21/h1-4,6-10,12-15,22H,5,11H2. The second kappa shape index (κ2) is 5.11. The van der Waals surface area contributed by atoms with E-state index in [9.17, 15) is 5.11 Å². The van der Waals surface area contributed by atoms with E-state index in [2.05, 4.69) is 30.4 Å². The Balaban J connectivity index is 1.99. The maximum atomic E-state index is 11.5. The predicted octanol–water partition coefficient (Wildman–Crippen LogP) is 4.60. The third-order valence-corrected chi connectivity index (χ3v) is 4.59. The molecule has 1 unspecified atom stereocenters. The van der Waals surface area contributed by atoms with Gasteiger partial charge in [-0.05, 0) is 46.8 Å². The summed E-state index contributed by atoms with van der Waals surface area (Å²) >= 11 is 0. The van der Waals surface area contributed by atoms with E-state index in [1.165, 1.54) is 16.7 Å². The highest BCUT2D eigenvalue weighted by molar-refractivity contribution is 5.79. The lowest BCUT2D eigenvalue weighted by atomic mass is 9.82. The highest BCUT2D eigenvalue weighted by Crippen LogP contribution is 2.42. The van der Waals surface area contributed by atoms with Crippen LogP contribution in [0.1, 0.15) is 29.5 Å². The van der Waals surface area contributed by atoms with Gasteiger partial charge in [0.1, 0.15) is 5.60 Å². The van der Waals surface area contributed by atoms with E-state index in [0.29, 0.717) is 0 Å². The van der Waals surface area contributed by atoms with Gasteiger partial charge in [-0.3, -0.25) is 0 Å². The molecule has 1 atom stereocenters. The van der Waals surface area contributed by atoms with Crippen molar-refractivity contribution >= 4 is 5.57 Å². The minimum Gasteiger partial charge on any atom is -0.377 e. The maximum absolute atomic E-state index is 11.5. The molecular formula is C21H18O. The van der Waals surface area contributed by atoms with Gasteiger partial charge in [0.05, 0.1) is 0 Å². The third kappa shape index (κ3) is 1.98. The van der Waals surface area contributed by atoms with Gasteiger partial charge in [-0.25, -0.2) is 0 Å². The van der Waals surface area contributed by atoms with Crippen LogP contribution in [0.2, 0.25) is 0 Å². The number of allylic oxidation sites excluding steroid dienone is 5. The molecule has 2 aromatic rings. The lowest BCUT2D eigenvalue weighted by molar-refractivity contribution is 0.134. The fraction of sp³-hybridized carbons (Fsp3) is 0.143. The molecule has 4 rings (SSSR count). The molecule has 0 spiro atoms. The number of fused-ring (bicyclic) bond motifs is 2. The summed E-state index contributed by atoms with van der Waals surface area (Å²) in [7, 11) is 0. The maximum Gasteiger partial charge on any atom is 0.134 e. The smallest absolute Gasteiger partial charge is 0.134 e. The summed E-state index contributed by atoms with van der Waals surface area (Å²) in [5.74, 6) is 0. The van der Waals surface area contributed by atoms with E-state index in [0.717, 1.165) is 24.0 Å². The van der Waals surface area contributed by atoms with Crippen molar-refractivity contribution < 1.29 is 5.11 Å². The summed E-state index contributed by atoms with van der Waals surface area (Å²) in [5, 5.41) is 11.5. The van der Waals surface area contributed by atoms with Gasteiger partial charge in [-0.1, -0.05) is 72.8 Å². The Hall–Kier alpha value is -2.38. The highest BCUT2D eigenvalue weighted by atomic mass is 16.3. The van der Waals surface area contributed by atoms with E-state index in [1.54, 1.807) is 0 Å². The molecule has 108 valence electrons. The molecule has 0 bridgehead atoms. The first-order chi connectivity index (χ1) is 10.8. The van der Waals surface area contributed by atoms with Crippen LogP contribution in [0.25, 0.3) is 5.57 Å². The Bertz CT molecular complexity index is 796. The van der Waals surface area contributed by atoms with E-state index in [4.69, 9.17) is 0 Å². The van der Waals surface area contributed by atoms with Crippen LogP contribution < -0.4 is 0 Å². The Morgan fingerprint density at radius 1 is 0.864 bits per heavy atom. The first-order valence-electron chi connectivity index (χ1n) is 7.76. The van der Waals surface area contributed by atoms with Gasteiger partial charge in [0.25, 0.3) is 0 Å².